The predicted molar refractivity (Wildman–Crippen MR) is 363 cm³/mol. The summed E-state index contributed by atoms with van der Waals surface area (Å²) in [5.41, 5.74) is 21.4. The molecule has 0 saturated heterocycles. The fourth-order valence-corrected chi connectivity index (χ4v) is 18.4. The van der Waals surface area contributed by atoms with Gasteiger partial charge in [-0.15, -0.1) is 44.8 Å². The molecule has 0 amide bonds. The third kappa shape index (κ3) is 12.7. The molecule has 440 valence electrons. The molecule has 0 N–H and O–H groups in total. The van der Waals surface area contributed by atoms with E-state index in [4.69, 9.17) is 0 Å². The van der Waals surface area contributed by atoms with E-state index in [-0.39, 0.29) is 36.5 Å². The number of rotatable bonds is 8. The van der Waals surface area contributed by atoms with Crippen LogP contribution in [0.4, 0.5) is 0 Å². The summed E-state index contributed by atoms with van der Waals surface area (Å²) in [7, 11) is 0. The van der Waals surface area contributed by atoms with E-state index in [1.807, 2.05) is 0 Å². The number of hydrogen-bond acceptors (Lipinski definition) is 0. The first-order valence-electron chi connectivity index (χ1n) is 32.1. The van der Waals surface area contributed by atoms with E-state index in [1.165, 1.54) is 202 Å². The summed E-state index contributed by atoms with van der Waals surface area (Å²) < 4.78 is 0. The van der Waals surface area contributed by atoms with Crippen molar-refractivity contribution in [3.63, 3.8) is 0 Å². The standard InChI is InChI=1S/2C40H47.2CH3.Si.Zr/c2*1-38(2,3)32-11-7-30(8-12-32)34-15-16-35(31-9-13-33(14-10-31)39(4,5)6)37-21-29(20-36(34)37)25-40-22-26-17-27(23-40)19-28(18-26)24-40;;;;/h2*7-16,20-21,26-28H,17-19,22-25H2,1-6H3;2*1H3;;/q4*-1;;. The van der Waals surface area contributed by atoms with Crippen LogP contribution in [-0.4, -0.2) is 6.88 Å². The van der Waals surface area contributed by atoms with Gasteiger partial charge in [0.05, 0.1) is 0 Å². The van der Waals surface area contributed by atoms with Crippen molar-refractivity contribution in [2.24, 2.45) is 46.3 Å². The van der Waals surface area contributed by atoms with Crippen molar-refractivity contribution in [3.8, 4) is 44.5 Å². The Balaban J connectivity index is 0.000000178. The summed E-state index contributed by atoms with van der Waals surface area (Å²) in [5, 5.41) is 5.72. The van der Waals surface area contributed by atoms with E-state index in [2.05, 4.69) is 236 Å². The molecule has 8 aliphatic rings. The molecule has 0 nitrogen and oxygen atoms in total. The Hall–Kier alpha value is -4.36. The minimum atomic E-state index is 0. The Morgan fingerprint density at radius 2 is 0.560 bits per heavy atom. The van der Waals surface area contributed by atoms with Crippen molar-refractivity contribution in [3.05, 3.63) is 194 Å². The van der Waals surface area contributed by atoms with Gasteiger partial charge in [0, 0.05) is 0 Å². The first kappa shape index (κ1) is 62.7. The van der Waals surface area contributed by atoms with E-state index in [9.17, 15) is 0 Å². The molecule has 2 radical (unpaired) electrons. The maximum atomic E-state index is 3.06. The molecule has 0 aliphatic heterocycles. The topological polar surface area (TPSA) is 0 Å². The zero-order chi connectivity index (χ0) is 57.7. The Kier molecular flexibility index (Phi) is 17.6. The molecule has 0 spiro atoms. The van der Waals surface area contributed by atoms with Gasteiger partial charge in [-0.25, -0.2) is 0 Å². The van der Waals surface area contributed by atoms with Gasteiger partial charge in [0.1, 0.15) is 0 Å². The Morgan fingerprint density at radius 3 is 0.786 bits per heavy atom. The Bertz CT molecular complexity index is 3060. The third-order valence-corrected chi connectivity index (χ3v) is 21.6. The molecule has 8 bridgehead atoms. The third-order valence-electron chi connectivity index (χ3n) is 21.6. The first-order chi connectivity index (χ1) is 38.9. The van der Waals surface area contributed by atoms with Crippen molar-refractivity contribution in [1.29, 1.82) is 0 Å². The molecule has 0 atom stereocenters. The average Bonchev–Trinajstić information content (AvgIpc) is 2.17. The molecule has 0 aromatic heterocycles. The van der Waals surface area contributed by atoms with Crippen LogP contribution in [0.25, 0.3) is 66.1 Å². The fourth-order valence-electron chi connectivity index (χ4n) is 18.4. The van der Waals surface area contributed by atoms with Crippen LogP contribution in [-0.2, 0) is 57.8 Å². The Labute approximate surface area is 527 Å². The van der Waals surface area contributed by atoms with Gasteiger partial charge in [0.25, 0.3) is 0 Å². The zero-order valence-corrected chi connectivity index (χ0v) is 57.7. The van der Waals surface area contributed by atoms with Crippen molar-refractivity contribution in [2.45, 2.75) is 195 Å². The van der Waals surface area contributed by atoms with E-state index >= 15 is 0 Å². The van der Waals surface area contributed by atoms with Crippen LogP contribution in [0.3, 0.4) is 0 Å². The van der Waals surface area contributed by atoms with Crippen molar-refractivity contribution in [1.82, 2.24) is 0 Å². The van der Waals surface area contributed by atoms with Gasteiger partial charge >= 0.3 is 30.2 Å². The van der Waals surface area contributed by atoms with Crippen LogP contribution in [0.1, 0.15) is 194 Å². The molecule has 8 aliphatic carbocycles. The SMILES string of the molecule is CC(C)(C)c1ccc(-c2ccc(-c3ccc(C(C)(C)C)cc3)c3[cH-]c(CC45CC6CC(CC(C6)C4)C5)cc23)cc1.CC(C)(C)c1ccc(-c2ccc(-c3ccc(C(C)(C)C)cc3)c3[cH-]c(CC45CC6CC(CC(C6)C4)C5)cc23)cc1.[CH3-].[CH3-].[Si]=[Zr]. The van der Waals surface area contributed by atoms with Gasteiger partial charge in [0.15, 0.2) is 0 Å². The number of hydrogen-bond donors (Lipinski definition) is 0. The Morgan fingerprint density at radius 1 is 0.345 bits per heavy atom. The van der Waals surface area contributed by atoms with Crippen molar-refractivity contribution in [2.75, 3.05) is 0 Å². The summed E-state index contributed by atoms with van der Waals surface area (Å²) in [4.78, 5) is 0. The molecule has 8 saturated carbocycles. The van der Waals surface area contributed by atoms with Gasteiger partial charge in [-0.1, -0.05) is 238 Å². The summed E-state index contributed by atoms with van der Waals surface area (Å²) in [6.45, 7) is 30.7. The van der Waals surface area contributed by atoms with E-state index in [0.29, 0.717) is 10.8 Å². The monoisotopic (exact) mass is 1200 g/mol. The normalized spacial score (nSPS) is 24.9. The second kappa shape index (κ2) is 23.6. The van der Waals surface area contributed by atoms with Gasteiger partial charge in [-0.05, 0) is 191 Å². The molecule has 0 unspecified atom stereocenters. The van der Waals surface area contributed by atoms with E-state index in [0.717, 1.165) is 35.5 Å². The minimum absolute atomic E-state index is 0. The van der Waals surface area contributed by atoms with Crippen LogP contribution < -0.4 is 0 Å². The van der Waals surface area contributed by atoms with Gasteiger partial charge < -0.3 is 14.9 Å². The summed E-state index contributed by atoms with van der Waals surface area (Å²) in [5.74, 6) is 6.02. The van der Waals surface area contributed by atoms with E-state index < -0.39 is 0 Å². The van der Waals surface area contributed by atoms with Crippen LogP contribution >= 0.6 is 0 Å². The quantitative estimate of drug-likeness (QED) is 0.105. The summed E-state index contributed by atoms with van der Waals surface area (Å²) in [6, 6.07) is 57.3. The van der Waals surface area contributed by atoms with Gasteiger partial charge in [-0.2, -0.15) is 12.1 Å². The maximum absolute atomic E-state index is 3.06. The zero-order valence-electron chi connectivity index (χ0n) is 54.2. The molecule has 0 heterocycles. The summed E-state index contributed by atoms with van der Waals surface area (Å²) >= 11 is 1.36. The summed E-state index contributed by atoms with van der Waals surface area (Å²) in [6.07, 6.45) is 20.5. The van der Waals surface area contributed by atoms with Crippen LogP contribution in [0, 0.1) is 61.2 Å². The van der Waals surface area contributed by atoms with Gasteiger partial charge in [-0.3, -0.25) is 0 Å². The van der Waals surface area contributed by atoms with Crippen molar-refractivity contribution < 1.29 is 23.3 Å². The van der Waals surface area contributed by atoms with Crippen molar-refractivity contribution >= 4 is 28.4 Å². The molecule has 8 aromatic rings. The number of fused-ring (bicyclic) bond motifs is 2. The molecule has 2 heteroatoms. The number of benzene rings is 6. The van der Waals surface area contributed by atoms with Crippen LogP contribution in [0.15, 0.2) is 146 Å². The molecule has 8 fully saturated rings. The first-order valence-corrected chi connectivity index (χ1v) is 36.2. The predicted octanol–water partition coefficient (Wildman–Crippen LogP) is 23.0. The van der Waals surface area contributed by atoms with Gasteiger partial charge in [0.2, 0.25) is 0 Å². The molecular formula is C82H100SiZr-4. The molecule has 84 heavy (non-hydrogen) atoms. The second-order valence-electron chi connectivity index (χ2n) is 32.2. The molecule has 16 rings (SSSR count). The van der Waals surface area contributed by atoms with Crippen LogP contribution in [0.2, 0.25) is 0 Å². The molecule has 8 aromatic carbocycles. The average molecular weight is 1210 g/mol. The fraction of sp³-hybridized carbons (Fsp3) is 0.463. The van der Waals surface area contributed by atoms with E-state index in [1.54, 1.807) is 11.1 Å². The second-order valence-corrected chi connectivity index (χ2v) is 32.2. The molecular weight excluding hydrogens is 1100 g/mol. The van der Waals surface area contributed by atoms with Crippen LogP contribution in [0.5, 0.6) is 0 Å².